The van der Waals surface area contributed by atoms with Crippen LogP contribution in [0.1, 0.15) is 91.4 Å². The topological polar surface area (TPSA) is 55.8 Å². The lowest BCUT2D eigenvalue weighted by Crippen LogP contribution is -2.37. The summed E-state index contributed by atoms with van der Waals surface area (Å²) in [5.74, 6) is 1.47. The first kappa shape index (κ1) is 21.3. The van der Waals surface area contributed by atoms with Crippen molar-refractivity contribution in [3.05, 3.63) is 0 Å². The second-order valence-electron chi connectivity index (χ2n) is 7.93. The summed E-state index contributed by atoms with van der Waals surface area (Å²) in [5, 5.41) is 8.70. The number of ether oxygens (including phenoxy) is 2. The van der Waals surface area contributed by atoms with Gasteiger partial charge < -0.3 is 14.6 Å². The molecule has 4 heteroatoms. The summed E-state index contributed by atoms with van der Waals surface area (Å²) in [6.45, 7) is 7.34. The summed E-state index contributed by atoms with van der Waals surface area (Å²) in [5.41, 5.74) is -0.338. The van der Waals surface area contributed by atoms with Gasteiger partial charge in [0.15, 0.2) is 0 Å². The fourth-order valence-corrected chi connectivity index (χ4v) is 3.50. The Morgan fingerprint density at radius 1 is 1.04 bits per heavy atom. The summed E-state index contributed by atoms with van der Waals surface area (Å²) in [6.07, 6.45) is 11.2. The van der Waals surface area contributed by atoms with Gasteiger partial charge in [0.1, 0.15) is 5.60 Å². The van der Waals surface area contributed by atoms with Crippen LogP contribution in [0.4, 0.5) is 4.79 Å². The smallest absolute Gasteiger partial charge is 0.434 e. The molecule has 1 aliphatic rings. The Kier molecular flexibility index (Phi) is 10.4. The molecule has 1 aliphatic carbocycles. The van der Waals surface area contributed by atoms with Crippen molar-refractivity contribution in [2.75, 3.05) is 13.2 Å². The molecule has 0 unspecified atom stereocenters. The van der Waals surface area contributed by atoms with E-state index in [-0.39, 0.29) is 5.60 Å². The quantitative estimate of drug-likeness (QED) is 0.400. The zero-order valence-corrected chi connectivity index (χ0v) is 16.0. The number of rotatable bonds is 11. The maximum atomic E-state index is 11.9. The highest BCUT2D eigenvalue weighted by Crippen LogP contribution is 2.37. The molecule has 0 spiro atoms. The Morgan fingerprint density at radius 3 is 2.12 bits per heavy atom. The van der Waals surface area contributed by atoms with E-state index >= 15 is 0 Å². The van der Waals surface area contributed by atoms with Crippen LogP contribution in [0, 0.1) is 11.8 Å². The van der Waals surface area contributed by atoms with Crippen molar-refractivity contribution in [2.45, 2.75) is 97.0 Å². The highest BCUT2D eigenvalue weighted by molar-refractivity contribution is 5.60. The van der Waals surface area contributed by atoms with Crippen LogP contribution >= 0.6 is 0 Å². The Bertz CT molecular complexity index is 333. The van der Waals surface area contributed by atoms with Gasteiger partial charge in [-0.05, 0) is 57.3 Å². The van der Waals surface area contributed by atoms with E-state index in [0.717, 1.165) is 63.7 Å². The van der Waals surface area contributed by atoms with Gasteiger partial charge >= 0.3 is 6.16 Å². The Hall–Kier alpha value is -0.770. The third kappa shape index (κ3) is 8.91. The van der Waals surface area contributed by atoms with Gasteiger partial charge in [0.25, 0.3) is 0 Å². The fourth-order valence-electron chi connectivity index (χ4n) is 3.50. The highest BCUT2D eigenvalue weighted by atomic mass is 16.7. The van der Waals surface area contributed by atoms with E-state index in [1.165, 1.54) is 12.8 Å². The predicted octanol–water partition coefficient (Wildman–Crippen LogP) is 5.47. The Balaban J connectivity index is 2.04. The van der Waals surface area contributed by atoms with Crippen molar-refractivity contribution >= 4 is 6.16 Å². The normalized spacial score (nSPS) is 24.1. The van der Waals surface area contributed by atoms with Crippen molar-refractivity contribution < 1.29 is 19.4 Å². The van der Waals surface area contributed by atoms with E-state index in [9.17, 15) is 4.79 Å². The van der Waals surface area contributed by atoms with Crippen LogP contribution in [-0.2, 0) is 9.47 Å². The van der Waals surface area contributed by atoms with Gasteiger partial charge in [-0.25, -0.2) is 4.79 Å². The maximum Gasteiger partial charge on any atom is 0.508 e. The van der Waals surface area contributed by atoms with E-state index in [1.807, 2.05) is 6.92 Å². The molecule has 0 atom stereocenters. The van der Waals surface area contributed by atoms with Crippen molar-refractivity contribution in [3.63, 3.8) is 0 Å². The highest BCUT2D eigenvalue weighted by Gasteiger charge is 2.35. The van der Waals surface area contributed by atoms with Crippen LogP contribution < -0.4 is 0 Å². The predicted molar refractivity (Wildman–Crippen MR) is 97.0 cm³/mol. The zero-order valence-electron chi connectivity index (χ0n) is 16.0. The summed E-state index contributed by atoms with van der Waals surface area (Å²) >= 11 is 0. The number of unbranched alkanes of at least 4 members (excludes halogenated alkanes) is 6. The lowest BCUT2D eigenvalue weighted by atomic mass is 9.75. The fraction of sp³-hybridized carbons (Fsp3) is 0.950. The molecule has 1 rings (SSSR count). The van der Waals surface area contributed by atoms with E-state index in [1.54, 1.807) is 0 Å². The van der Waals surface area contributed by atoms with Crippen molar-refractivity contribution in [2.24, 2.45) is 11.8 Å². The molecule has 142 valence electrons. The van der Waals surface area contributed by atoms with E-state index in [0.29, 0.717) is 19.1 Å². The molecule has 0 aromatic rings. The molecular formula is C20H38O4. The van der Waals surface area contributed by atoms with E-state index in [4.69, 9.17) is 14.6 Å². The zero-order chi connectivity index (χ0) is 17.8. The van der Waals surface area contributed by atoms with Crippen LogP contribution in [0.25, 0.3) is 0 Å². The minimum absolute atomic E-state index is 0.299. The van der Waals surface area contributed by atoms with Crippen molar-refractivity contribution in [1.82, 2.24) is 0 Å². The molecule has 0 bridgehead atoms. The molecule has 0 amide bonds. The number of hydrogen-bond donors (Lipinski definition) is 1. The SMILES string of the molecule is CC(C)C1CCC(C)(OC(=O)OCCCCCCCCCO)CC1. The van der Waals surface area contributed by atoms with Gasteiger partial charge in [0.2, 0.25) is 0 Å². The minimum Gasteiger partial charge on any atom is -0.434 e. The summed E-state index contributed by atoms with van der Waals surface area (Å²) in [7, 11) is 0. The molecule has 1 fully saturated rings. The number of aliphatic hydroxyl groups is 1. The third-order valence-electron chi connectivity index (χ3n) is 5.38. The van der Waals surface area contributed by atoms with Gasteiger partial charge in [-0.15, -0.1) is 0 Å². The second kappa shape index (κ2) is 11.7. The number of hydrogen-bond acceptors (Lipinski definition) is 4. The average molecular weight is 343 g/mol. The van der Waals surface area contributed by atoms with Gasteiger partial charge in [0.05, 0.1) is 6.61 Å². The molecule has 24 heavy (non-hydrogen) atoms. The molecule has 0 heterocycles. The number of carbonyl (C=O) groups excluding carboxylic acids is 1. The second-order valence-corrected chi connectivity index (χ2v) is 7.93. The van der Waals surface area contributed by atoms with Gasteiger partial charge in [-0.3, -0.25) is 0 Å². The molecule has 1 N–H and O–H groups in total. The van der Waals surface area contributed by atoms with Crippen LogP contribution in [0.2, 0.25) is 0 Å². The number of aliphatic hydroxyl groups excluding tert-OH is 1. The molecule has 0 aromatic heterocycles. The van der Waals surface area contributed by atoms with Crippen molar-refractivity contribution in [1.29, 1.82) is 0 Å². The molecule has 0 radical (unpaired) electrons. The van der Waals surface area contributed by atoms with Crippen LogP contribution in [0.5, 0.6) is 0 Å². The molecule has 1 saturated carbocycles. The van der Waals surface area contributed by atoms with Gasteiger partial charge in [0, 0.05) is 6.61 Å². The average Bonchev–Trinajstić information content (AvgIpc) is 2.53. The monoisotopic (exact) mass is 342 g/mol. The largest absolute Gasteiger partial charge is 0.508 e. The van der Waals surface area contributed by atoms with Gasteiger partial charge in [-0.1, -0.05) is 46.0 Å². The van der Waals surface area contributed by atoms with Crippen LogP contribution in [0.15, 0.2) is 0 Å². The van der Waals surface area contributed by atoms with E-state index in [2.05, 4.69) is 13.8 Å². The Labute approximate surface area is 148 Å². The molecule has 4 nitrogen and oxygen atoms in total. The first-order valence-electron chi connectivity index (χ1n) is 9.93. The van der Waals surface area contributed by atoms with Gasteiger partial charge in [-0.2, -0.15) is 0 Å². The standard InChI is InChI=1S/C20H38O4/c1-17(2)18-11-13-20(3,14-12-18)24-19(22)23-16-10-8-6-4-5-7-9-15-21/h17-18,21H,4-16H2,1-3H3. The summed E-state index contributed by atoms with van der Waals surface area (Å²) in [6, 6.07) is 0. The molecule has 0 saturated heterocycles. The maximum absolute atomic E-state index is 11.9. The van der Waals surface area contributed by atoms with Crippen molar-refractivity contribution in [3.8, 4) is 0 Å². The minimum atomic E-state index is -0.497. The Morgan fingerprint density at radius 2 is 1.58 bits per heavy atom. The lowest BCUT2D eigenvalue weighted by Gasteiger charge is -2.37. The number of carbonyl (C=O) groups is 1. The van der Waals surface area contributed by atoms with Crippen LogP contribution in [0.3, 0.4) is 0 Å². The van der Waals surface area contributed by atoms with Crippen LogP contribution in [-0.4, -0.2) is 30.1 Å². The first-order chi connectivity index (χ1) is 11.5. The molecular weight excluding hydrogens is 304 g/mol. The lowest BCUT2D eigenvalue weighted by molar-refractivity contribution is -0.0539. The molecule has 0 aliphatic heterocycles. The summed E-state index contributed by atoms with van der Waals surface area (Å²) in [4.78, 5) is 11.9. The molecule has 0 aromatic carbocycles. The first-order valence-corrected chi connectivity index (χ1v) is 9.93. The summed E-state index contributed by atoms with van der Waals surface area (Å²) < 4.78 is 10.8. The third-order valence-corrected chi connectivity index (χ3v) is 5.38. The van der Waals surface area contributed by atoms with E-state index < -0.39 is 6.16 Å².